The van der Waals surface area contributed by atoms with E-state index < -0.39 is 12.0 Å². The second-order valence-corrected chi connectivity index (χ2v) is 10.6. The lowest BCUT2D eigenvalue weighted by Gasteiger charge is -2.34. The fourth-order valence-corrected chi connectivity index (χ4v) is 5.66. The number of hydrazone groups is 1. The molecule has 0 spiro atoms. The van der Waals surface area contributed by atoms with Crippen LogP contribution < -0.4 is 19.4 Å². The van der Waals surface area contributed by atoms with Gasteiger partial charge in [-0.15, -0.1) is 0 Å². The van der Waals surface area contributed by atoms with Gasteiger partial charge in [0.1, 0.15) is 35.6 Å². The van der Waals surface area contributed by atoms with Crippen molar-refractivity contribution in [2.75, 3.05) is 29.6 Å². The fourth-order valence-electron chi connectivity index (χ4n) is 5.66. The molecule has 220 valence electrons. The molecule has 5 rings (SSSR count). The summed E-state index contributed by atoms with van der Waals surface area (Å²) in [5.74, 6) is -0.118. The lowest BCUT2D eigenvalue weighted by atomic mass is 9.89. The monoisotopic (exact) mass is 581 g/mol. The summed E-state index contributed by atoms with van der Waals surface area (Å²) in [5, 5.41) is 34.9. The third-order valence-corrected chi connectivity index (χ3v) is 7.89. The predicted octanol–water partition coefficient (Wildman–Crippen LogP) is 5.72. The molecule has 1 N–H and O–H groups in total. The van der Waals surface area contributed by atoms with E-state index >= 15 is 0 Å². The molecule has 9 nitrogen and oxygen atoms in total. The molecule has 0 saturated carbocycles. The molecule has 10 heteroatoms. The normalized spacial score (nSPS) is 18.5. The van der Waals surface area contributed by atoms with Gasteiger partial charge in [-0.05, 0) is 61.0 Å². The van der Waals surface area contributed by atoms with Crippen LogP contribution in [0.5, 0.6) is 11.5 Å². The second kappa shape index (κ2) is 12.8. The summed E-state index contributed by atoms with van der Waals surface area (Å²) in [6, 6.07) is 20.8. The van der Waals surface area contributed by atoms with Crippen LogP contribution in [0.15, 0.2) is 65.8 Å². The van der Waals surface area contributed by atoms with Crippen molar-refractivity contribution in [3.63, 3.8) is 0 Å². The van der Waals surface area contributed by atoms with Crippen LogP contribution in [0, 0.1) is 34.4 Å². The molecule has 43 heavy (non-hydrogen) atoms. The average molecular weight is 582 g/mol. The Morgan fingerprint density at radius 1 is 1.02 bits per heavy atom. The molecule has 2 atom stereocenters. The molecular formula is C33H32FN5O4. The van der Waals surface area contributed by atoms with E-state index in [-0.39, 0.29) is 35.4 Å². The molecule has 0 radical (unpaired) electrons. The maximum atomic E-state index is 14.5. The van der Waals surface area contributed by atoms with E-state index in [2.05, 4.69) is 0 Å². The van der Waals surface area contributed by atoms with Gasteiger partial charge < -0.3 is 19.5 Å². The second-order valence-electron chi connectivity index (χ2n) is 10.6. The van der Waals surface area contributed by atoms with Gasteiger partial charge in [-0.25, -0.2) is 4.39 Å². The Balaban J connectivity index is 1.28. The number of rotatable bonds is 9. The van der Waals surface area contributed by atoms with Gasteiger partial charge in [-0.2, -0.15) is 15.6 Å². The minimum absolute atomic E-state index is 0.0258. The molecule has 0 aromatic heterocycles. The van der Waals surface area contributed by atoms with Crippen molar-refractivity contribution in [2.45, 2.75) is 45.3 Å². The smallest absolute Gasteiger partial charge is 0.305 e. The van der Waals surface area contributed by atoms with E-state index in [9.17, 15) is 24.8 Å². The fraction of sp³-hybridized carbons (Fsp3) is 0.333. The summed E-state index contributed by atoms with van der Waals surface area (Å²) in [6.45, 7) is 5.63. The molecule has 3 aromatic carbocycles. The first-order valence-corrected chi connectivity index (χ1v) is 14.3. The zero-order valence-corrected chi connectivity index (χ0v) is 24.0. The van der Waals surface area contributed by atoms with Crippen LogP contribution in [0.2, 0.25) is 0 Å². The highest BCUT2D eigenvalue weighted by Crippen LogP contribution is 2.35. The zero-order valence-electron chi connectivity index (χ0n) is 24.0. The van der Waals surface area contributed by atoms with Crippen molar-refractivity contribution in [1.29, 1.82) is 10.5 Å². The van der Waals surface area contributed by atoms with Crippen LogP contribution in [0.25, 0.3) is 0 Å². The number of piperidine rings is 1. The molecule has 1 saturated heterocycles. The van der Waals surface area contributed by atoms with E-state index in [1.807, 2.05) is 55.2 Å². The number of benzene rings is 3. The Bertz CT molecular complexity index is 1600. The topological polar surface area (TPSA) is 122 Å². The summed E-state index contributed by atoms with van der Waals surface area (Å²) in [5.41, 5.74) is 3.11. The largest absolute Gasteiger partial charge is 0.494 e. The summed E-state index contributed by atoms with van der Waals surface area (Å²) in [7, 11) is 0. The quantitative estimate of drug-likeness (QED) is 0.341. The molecule has 0 amide bonds. The first-order chi connectivity index (χ1) is 20.8. The zero-order chi connectivity index (χ0) is 30.5. The van der Waals surface area contributed by atoms with Gasteiger partial charge in [0.15, 0.2) is 0 Å². The van der Waals surface area contributed by atoms with Crippen molar-refractivity contribution in [3.8, 4) is 23.6 Å². The molecule has 1 fully saturated rings. The van der Waals surface area contributed by atoms with Crippen LogP contribution in [-0.4, -0.2) is 48.6 Å². The maximum absolute atomic E-state index is 14.5. The van der Waals surface area contributed by atoms with Gasteiger partial charge in [0.25, 0.3) is 0 Å². The van der Waals surface area contributed by atoms with Gasteiger partial charge in [-0.1, -0.05) is 13.0 Å². The van der Waals surface area contributed by atoms with Crippen LogP contribution in [0.1, 0.15) is 49.8 Å². The van der Waals surface area contributed by atoms with Gasteiger partial charge >= 0.3 is 5.97 Å². The van der Waals surface area contributed by atoms with Crippen LogP contribution >= 0.6 is 0 Å². The summed E-state index contributed by atoms with van der Waals surface area (Å²) >= 11 is 0. The van der Waals surface area contributed by atoms with E-state index in [1.165, 1.54) is 6.07 Å². The van der Waals surface area contributed by atoms with Crippen molar-refractivity contribution >= 4 is 23.1 Å². The summed E-state index contributed by atoms with van der Waals surface area (Å²) in [6.07, 6.45) is 1.31. The Morgan fingerprint density at radius 3 is 2.37 bits per heavy atom. The molecule has 0 aliphatic carbocycles. The number of nitrogens with zero attached hydrogens (tertiary/aromatic N) is 5. The predicted molar refractivity (Wildman–Crippen MR) is 160 cm³/mol. The average Bonchev–Trinajstić information content (AvgIpc) is 3.33. The Kier molecular flexibility index (Phi) is 8.77. The Hall–Kier alpha value is -5.09. The van der Waals surface area contributed by atoms with E-state index in [1.54, 1.807) is 35.3 Å². The summed E-state index contributed by atoms with van der Waals surface area (Å²) < 4.78 is 26.3. The summed E-state index contributed by atoms with van der Waals surface area (Å²) in [4.78, 5) is 13.8. The molecule has 0 bridgehead atoms. The first-order valence-electron chi connectivity index (χ1n) is 14.3. The van der Waals surface area contributed by atoms with Gasteiger partial charge in [0.05, 0.1) is 47.3 Å². The molecule has 2 aliphatic rings. The van der Waals surface area contributed by atoms with Crippen LogP contribution in [0.3, 0.4) is 0 Å². The van der Waals surface area contributed by atoms with E-state index in [0.29, 0.717) is 53.8 Å². The number of nitriles is 2. The minimum Gasteiger partial charge on any atom is -0.494 e. The number of hydrogen-bond donors (Lipinski definition) is 1. The number of halogens is 1. The third kappa shape index (κ3) is 6.39. The van der Waals surface area contributed by atoms with Crippen molar-refractivity contribution in [1.82, 2.24) is 0 Å². The number of carboxylic acid groups (broad SMARTS) is 1. The number of aliphatic carboxylic acids is 1. The SMILES string of the molecule is CCOc1ccc(F)c(N2CCC(Oc3ccc(N4N=C(c5ccc(C#N)c(C#N)c5)[C@@H](C)[C@@H]4CC(=O)O)cc3)CC2)c1. The van der Waals surface area contributed by atoms with E-state index in [4.69, 9.17) is 14.6 Å². The molecule has 2 heterocycles. The lowest BCUT2D eigenvalue weighted by Crippen LogP contribution is -2.38. The third-order valence-electron chi connectivity index (χ3n) is 7.89. The Labute approximate surface area is 250 Å². The van der Waals surface area contributed by atoms with Crippen molar-refractivity contribution < 1.29 is 23.8 Å². The number of hydrogen-bond acceptors (Lipinski definition) is 8. The molecule has 2 aliphatic heterocycles. The molecule has 0 unspecified atom stereocenters. The maximum Gasteiger partial charge on any atom is 0.305 e. The lowest BCUT2D eigenvalue weighted by molar-refractivity contribution is -0.137. The molecular weight excluding hydrogens is 549 g/mol. The standard InChI is InChI=1S/C33H32FN5O4/c1-3-42-28-10-11-29(34)31(17-28)38-14-12-27(13-15-38)43-26-8-6-25(7-9-26)39-30(18-32(40)41)21(2)33(37-39)22-4-5-23(19-35)24(16-22)20-36/h4-11,16-17,21,27,30H,3,12-15,18H2,1-2H3,(H,40,41)/t21-,30-/m0/s1. The number of carboxylic acids is 1. The highest BCUT2D eigenvalue weighted by molar-refractivity contribution is 6.05. The highest BCUT2D eigenvalue weighted by atomic mass is 19.1. The number of ether oxygens (including phenoxy) is 2. The number of anilines is 2. The van der Waals surface area contributed by atoms with Crippen molar-refractivity contribution in [2.24, 2.45) is 11.0 Å². The first kappa shape index (κ1) is 29.4. The minimum atomic E-state index is -0.938. The van der Waals surface area contributed by atoms with Crippen LogP contribution in [-0.2, 0) is 4.79 Å². The van der Waals surface area contributed by atoms with Gasteiger partial charge in [0.2, 0.25) is 0 Å². The highest BCUT2D eigenvalue weighted by Gasteiger charge is 2.37. The van der Waals surface area contributed by atoms with Gasteiger partial charge in [-0.3, -0.25) is 9.80 Å². The number of carbonyl (C=O) groups is 1. The van der Waals surface area contributed by atoms with Crippen LogP contribution in [0.4, 0.5) is 15.8 Å². The van der Waals surface area contributed by atoms with Crippen molar-refractivity contribution in [3.05, 3.63) is 83.2 Å². The van der Waals surface area contributed by atoms with E-state index in [0.717, 1.165) is 12.8 Å². The van der Waals surface area contributed by atoms with Gasteiger partial charge in [0, 0.05) is 37.9 Å². The Morgan fingerprint density at radius 2 is 1.72 bits per heavy atom. The molecule has 3 aromatic rings.